The van der Waals surface area contributed by atoms with Crippen LogP contribution in [-0.4, -0.2) is 31.6 Å². The first kappa shape index (κ1) is 16.6. The second-order valence-corrected chi connectivity index (χ2v) is 5.97. The highest BCUT2D eigenvalue weighted by atomic mass is 16.5. The Hall–Kier alpha value is -1.80. The molecule has 0 heterocycles. The van der Waals surface area contributed by atoms with E-state index in [-0.39, 0.29) is 0 Å². The van der Waals surface area contributed by atoms with Gasteiger partial charge in [0.2, 0.25) is 0 Å². The Balaban J connectivity index is 1.75. The fourth-order valence-electron chi connectivity index (χ4n) is 2.66. The summed E-state index contributed by atoms with van der Waals surface area (Å²) in [5.41, 5.74) is 2.79. The number of aryl methyl sites for hydroxylation is 1. The van der Waals surface area contributed by atoms with E-state index in [1.165, 1.54) is 17.5 Å². The molecule has 0 bridgehead atoms. The van der Waals surface area contributed by atoms with Crippen molar-refractivity contribution in [2.75, 3.05) is 20.7 Å². The quantitative estimate of drug-likeness (QED) is 0.724. The molecular weight excluding hydrogens is 270 g/mol. The molecule has 1 atom stereocenters. The van der Waals surface area contributed by atoms with Crippen molar-refractivity contribution >= 4 is 0 Å². The smallest absolute Gasteiger partial charge is 0.118 e. The third-order valence-corrected chi connectivity index (χ3v) is 4.26. The molecule has 1 unspecified atom stereocenters. The van der Waals surface area contributed by atoms with Crippen molar-refractivity contribution in [2.45, 2.75) is 32.2 Å². The van der Waals surface area contributed by atoms with Crippen LogP contribution in [0.3, 0.4) is 0 Å². The number of benzene rings is 2. The molecule has 2 aromatic carbocycles. The summed E-state index contributed by atoms with van der Waals surface area (Å²) in [6.45, 7) is 3.43. The number of ether oxygens (including phenoxy) is 1. The van der Waals surface area contributed by atoms with Gasteiger partial charge in [0.15, 0.2) is 0 Å². The van der Waals surface area contributed by atoms with Crippen molar-refractivity contribution in [1.29, 1.82) is 0 Å². The van der Waals surface area contributed by atoms with Crippen LogP contribution in [0.25, 0.3) is 0 Å². The van der Waals surface area contributed by atoms with E-state index in [9.17, 15) is 0 Å². The molecule has 0 fully saturated rings. The van der Waals surface area contributed by atoms with Crippen LogP contribution in [-0.2, 0) is 12.8 Å². The Morgan fingerprint density at radius 1 is 0.955 bits per heavy atom. The molecule has 0 spiro atoms. The Labute approximate surface area is 134 Å². The number of nitrogens with zero attached hydrogens (tertiary/aromatic N) is 1. The normalized spacial score (nSPS) is 12.4. The van der Waals surface area contributed by atoms with Gasteiger partial charge in [0.1, 0.15) is 5.75 Å². The molecule has 0 saturated heterocycles. The fraction of sp³-hybridized carbons (Fsp3) is 0.400. The maximum absolute atomic E-state index is 5.21. The molecule has 2 aromatic rings. The second kappa shape index (κ2) is 8.60. The molecule has 2 nitrogen and oxygen atoms in total. The van der Waals surface area contributed by atoms with Crippen molar-refractivity contribution in [2.24, 2.45) is 0 Å². The monoisotopic (exact) mass is 297 g/mol. The molecule has 0 aliphatic carbocycles. The lowest BCUT2D eigenvalue weighted by molar-refractivity contribution is 0.253. The highest BCUT2D eigenvalue weighted by molar-refractivity contribution is 5.27. The van der Waals surface area contributed by atoms with Crippen LogP contribution < -0.4 is 4.74 Å². The third-order valence-electron chi connectivity index (χ3n) is 4.26. The van der Waals surface area contributed by atoms with Crippen LogP contribution in [0.1, 0.15) is 24.5 Å². The van der Waals surface area contributed by atoms with Gasteiger partial charge in [-0.3, -0.25) is 0 Å². The fourth-order valence-corrected chi connectivity index (χ4v) is 2.66. The summed E-state index contributed by atoms with van der Waals surface area (Å²) in [5.74, 6) is 0.924. The van der Waals surface area contributed by atoms with E-state index in [2.05, 4.69) is 61.3 Å². The van der Waals surface area contributed by atoms with Crippen LogP contribution in [0.5, 0.6) is 5.75 Å². The second-order valence-electron chi connectivity index (χ2n) is 5.97. The van der Waals surface area contributed by atoms with Crippen LogP contribution >= 0.6 is 0 Å². The summed E-state index contributed by atoms with van der Waals surface area (Å²) < 4.78 is 5.21. The topological polar surface area (TPSA) is 12.5 Å². The molecular formula is C20H27NO. The average molecular weight is 297 g/mol. The van der Waals surface area contributed by atoms with Crippen molar-refractivity contribution < 1.29 is 4.74 Å². The first-order valence-corrected chi connectivity index (χ1v) is 8.06. The summed E-state index contributed by atoms with van der Waals surface area (Å²) in [6, 6.07) is 19.7. The van der Waals surface area contributed by atoms with Crippen LogP contribution in [0, 0.1) is 0 Å². The Bertz CT molecular complexity index is 535. The van der Waals surface area contributed by atoms with Gasteiger partial charge in [-0.25, -0.2) is 0 Å². The number of rotatable bonds is 8. The molecule has 2 heteroatoms. The minimum absolute atomic E-state index is 0.546. The predicted molar refractivity (Wildman–Crippen MR) is 93.6 cm³/mol. The molecule has 0 saturated carbocycles. The Morgan fingerprint density at radius 3 is 2.27 bits per heavy atom. The minimum atomic E-state index is 0.546. The summed E-state index contributed by atoms with van der Waals surface area (Å²) in [4.78, 5) is 2.45. The highest BCUT2D eigenvalue weighted by Gasteiger charge is 2.09. The van der Waals surface area contributed by atoms with Gasteiger partial charge in [-0.2, -0.15) is 0 Å². The Morgan fingerprint density at radius 2 is 1.64 bits per heavy atom. The zero-order valence-electron chi connectivity index (χ0n) is 14.0. The van der Waals surface area contributed by atoms with Gasteiger partial charge in [-0.1, -0.05) is 42.5 Å². The maximum atomic E-state index is 5.21. The van der Waals surface area contributed by atoms with Gasteiger partial charge in [0.05, 0.1) is 7.11 Å². The first-order chi connectivity index (χ1) is 10.7. The molecule has 0 aliphatic rings. The SMILES string of the molecule is COc1ccc(CC(C)N(C)CCCc2ccccc2)cc1. The molecule has 22 heavy (non-hydrogen) atoms. The van der Waals surface area contributed by atoms with E-state index in [1.54, 1.807) is 7.11 Å². The van der Waals surface area contributed by atoms with E-state index < -0.39 is 0 Å². The lowest BCUT2D eigenvalue weighted by Gasteiger charge is -2.25. The van der Waals surface area contributed by atoms with Gasteiger partial charge >= 0.3 is 0 Å². The lowest BCUT2D eigenvalue weighted by atomic mass is 10.1. The molecule has 118 valence electrons. The number of likely N-dealkylation sites (N-methyl/N-ethyl adjacent to an activating group) is 1. The molecule has 0 aliphatic heterocycles. The molecule has 0 amide bonds. The van der Waals surface area contributed by atoms with E-state index >= 15 is 0 Å². The largest absolute Gasteiger partial charge is 0.497 e. The summed E-state index contributed by atoms with van der Waals surface area (Å²) in [5, 5.41) is 0. The van der Waals surface area contributed by atoms with Crippen molar-refractivity contribution in [3.63, 3.8) is 0 Å². The van der Waals surface area contributed by atoms with Crippen molar-refractivity contribution in [3.8, 4) is 5.75 Å². The standard InChI is InChI=1S/C20H27NO/c1-17(16-19-11-13-20(22-3)14-12-19)21(2)15-7-10-18-8-5-4-6-9-18/h4-6,8-9,11-14,17H,7,10,15-16H2,1-3H3. The van der Waals surface area contributed by atoms with Crippen LogP contribution in [0.15, 0.2) is 54.6 Å². The number of hydrogen-bond acceptors (Lipinski definition) is 2. The molecule has 0 radical (unpaired) electrons. The Kier molecular flexibility index (Phi) is 6.47. The third kappa shape index (κ3) is 5.19. The number of hydrogen-bond donors (Lipinski definition) is 0. The van der Waals surface area contributed by atoms with Gasteiger partial charge in [0.25, 0.3) is 0 Å². The maximum Gasteiger partial charge on any atom is 0.118 e. The van der Waals surface area contributed by atoms with Crippen LogP contribution in [0.2, 0.25) is 0 Å². The lowest BCUT2D eigenvalue weighted by Crippen LogP contribution is -2.32. The summed E-state index contributed by atoms with van der Waals surface area (Å²) >= 11 is 0. The zero-order chi connectivity index (χ0) is 15.8. The van der Waals surface area contributed by atoms with E-state index in [4.69, 9.17) is 4.74 Å². The van der Waals surface area contributed by atoms with E-state index in [0.717, 1.165) is 25.1 Å². The van der Waals surface area contributed by atoms with E-state index in [0.29, 0.717) is 6.04 Å². The van der Waals surface area contributed by atoms with E-state index in [1.807, 2.05) is 12.1 Å². The van der Waals surface area contributed by atoms with Gasteiger partial charge in [-0.05, 0) is 63.0 Å². The van der Waals surface area contributed by atoms with Crippen molar-refractivity contribution in [1.82, 2.24) is 4.90 Å². The molecule has 2 rings (SSSR count). The van der Waals surface area contributed by atoms with Crippen LogP contribution in [0.4, 0.5) is 0 Å². The minimum Gasteiger partial charge on any atom is -0.497 e. The zero-order valence-corrected chi connectivity index (χ0v) is 14.0. The first-order valence-electron chi connectivity index (χ1n) is 8.06. The van der Waals surface area contributed by atoms with Gasteiger partial charge in [0, 0.05) is 6.04 Å². The summed E-state index contributed by atoms with van der Waals surface area (Å²) in [7, 11) is 3.93. The van der Waals surface area contributed by atoms with Gasteiger partial charge in [-0.15, -0.1) is 0 Å². The predicted octanol–water partition coefficient (Wildman–Crippen LogP) is 4.19. The highest BCUT2D eigenvalue weighted by Crippen LogP contribution is 2.14. The van der Waals surface area contributed by atoms with Gasteiger partial charge < -0.3 is 9.64 Å². The van der Waals surface area contributed by atoms with Crippen molar-refractivity contribution in [3.05, 3.63) is 65.7 Å². The average Bonchev–Trinajstić information content (AvgIpc) is 2.56. The molecule has 0 N–H and O–H groups in total. The molecule has 0 aromatic heterocycles. The number of methoxy groups -OCH3 is 1. The summed E-state index contributed by atoms with van der Waals surface area (Å²) in [6.07, 6.45) is 3.43.